The Morgan fingerprint density at radius 2 is 1.68 bits per heavy atom. The molecule has 144 valence electrons. The van der Waals surface area contributed by atoms with Crippen molar-refractivity contribution in [1.82, 2.24) is 4.72 Å². The highest BCUT2D eigenvalue weighted by Gasteiger charge is 2.16. The molecular formula is C21H19NO5S. The number of rotatable bonds is 7. The third kappa shape index (κ3) is 3.67. The second kappa shape index (κ2) is 7.53. The van der Waals surface area contributed by atoms with E-state index in [0.29, 0.717) is 17.1 Å². The van der Waals surface area contributed by atoms with E-state index in [1.165, 1.54) is 6.07 Å². The summed E-state index contributed by atoms with van der Waals surface area (Å²) in [7, 11) is -2.09. The molecule has 3 aromatic carbocycles. The van der Waals surface area contributed by atoms with E-state index in [-0.39, 0.29) is 18.0 Å². The number of furan rings is 1. The molecule has 0 aliphatic heterocycles. The summed E-state index contributed by atoms with van der Waals surface area (Å²) in [6, 6.07) is 19.5. The van der Waals surface area contributed by atoms with Crippen molar-refractivity contribution in [2.24, 2.45) is 0 Å². The molecule has 4 rings (SSSR count). The van der Waals surface area contributed by atoms with Crippen LogP contribution in [0.2, 0.25) is 0 Å². The van der Waals surface area contributed by atoms with Crippen molar-refractivity contribution in [3.8, 4) is 11.5 Å². The van der Waals surface area contributed by atoms with E-state index in [0.717, 1.165) is 16.4 Å². The van der Waals surface area contributed by atoms with Gasteiger partial charge in [-0.05, 0) is 36.4 Å². The Bertz CT molecular complexity index is 1230. The van der Waals surface area contributed by atoms with Gasteiger partial charge in [-0.25, -0.2) is 13.1 Å². The summed E-state index contributed by atoms with van der Waals surface area (Å²) in [6.07, 6.45) is 0. The van der Waals surface area contributed by atoms with Gasteiger partial charge in [0.2, 0.25) is 10.0 Å². The van der Waals surface area contributed by atoms with E-state index < -0.39 is 10.0 Å². The highest BCUT2D eigenvalue weighted by Crippen LogP contribution is 2.30. The molecular weight excluding hydrogens is 378 g/mol. The first-order valence-corrected chi connectivity index (χ1v) is 10.2. The Morgan fingerprint density at radius 1 is 0.893 bits per heavy atom. The van der Waals surface area contributed by atoms with Gasteiger partial charge < -0.3 is 13.9 Å². The van der Waals surface area contributed by atoms with Gasteiger partial charge in [0.1, 0.15) is 29.3 Å². The molecule has 0 amide bonds. The molecule has 0 saturated carbocycles. The molecule has 0 spiro atoms. The normalized spacial score (nSPS) is 11.8. The maximum atomic E-state index is 12.6. The second-order valence-corrected chi connectivity index (χ2v) is 7.95. The number of sulfonamides is 1. The minimum atomic E-state index is -3.66. The van der Waals surface area contributed by atoms with Crippen LogP contribution in [-0.2, 0) is 10.0 Å². The van der Waals surface area contributed by atoms with Crippen LogP contribution in [0.5, 0.6) is 11.5 Å². The average Bonchev–Trinajstić information content (AvgIpc) is 3.09. The van der Waals surface area contributed by atoms with Gasteiger partial charge in [0.25, 0.3) is 0 Å². The highest BCUT2D eigenvalue weighted by molar-refractivity contribution is 7.89. The zero-order chi connectivity index (χ0) is 19.6. The van der Waals surface area contributed by atoms with Gasteiger partial charge in [-0.1, -0.05) is 24.3 Å². The van der Waals surface area contributed by atoms with Crippen LogP contribution in [0.4, 0.5) is 0 Å². The number of hydrogen-bond acceptors (Lipinski definition) is 5. The first kappa shape index (κ1) is 18.3. The SMILES string of the molecule is COc1cccc(OCCNS(=O)(=O)c2ccc3oc4ccccc4c3c2)c1. The van der Waals surface area contributed by atoms with Crippen LogP contribution < -0.4 is 14.2 Å². The monoisotopic (exact) mass is 397 g/mol. The molecule has 0 unspecified atom stereocenters. The summed E-state index contributed by atoms with van der Waals surface area (Å²) in [5.74, 6) is 1.29. The smallest absolute Gasteiger partial charge is 0.240 e. The van der Waals surface area contributed by atoms with E-state index in [2.05, 4.69) is 4.72 Å². The predicted molar refractivity (Wildman–Crippen MR) is 107 cm³/mol. The van der Waals surface area contributed by atoms with Gasteiger partial charge in [0.05, 0.1) is 12.0 Å². The fraction of sp³-hybridized carbons (Fsp3) is 0.143. The molecule has 1 aromatic heterocycles. The summed E-state index contributed by atoms with van der Waals surface area (Å²) in [5.41, 5.74) is 1.38. The van der Waals surface area contributed by atoms with Crippen LogP contribution in [0.3, 0.4) is 0 Å². The Kier molecular flexibility index (Phi) is 4.93. The van der Waals surface area contributed by atoms with Crippen molar-refractivity contribution in [3.05, 3.63) is 66.7 Å². The Morgan fingerprint density at radius 3 is 2.54 bits per heavy atom. The maximum absolute atomic E-state index is 12.6. The lowest BCUT2D eigenvalue weighted by molar-refractivity contribution is 0.320. The molecule has 0 fully saturated rings. The first-order chi connectivity index (χ1) is 13.6. The van der Waals surface area contributed by atoms with Crippen molar-refractivity contribution in [2.75, 3.05) is 20.3 Å². The number of nitrogens with one attached hydrogen (secondary N) is 1. The maximum Gasteiger partial charge on any atom is 0.240 e. The van der Waals surface area contributed by atoms with Crippen LogP contribution in [0.1, 0.15) is 0 Å². The predicted octanol–water partition coefficient (Wildman–Crippen LogP) is 3.95. The lowest BCUT2D eigenvalue weighted by Gasteiger charge is -2.09. The lowest BCUT2D eigenvalue weighted by Crippen LogP contribution is -2.28. The molecule has 0 radical (unpaired) electrons. The van der Waals surface area contributed by atoms with Crippen molar-refractivity contribution < 1.29 is 22.3 Å². The van der Waals surface area contributed by atoms with Gasteiger partial charge in [0.15, 0.2) is 0 Å². The Labute approximate surface area is 162 Å². The molecule has 28 heavy (non-hydrogen) atoms. The molecule has 7 heteroatoms. The molecule has 0 aliphatic rings. The van der Waals surface area contributed by atoms with E-state index in [4.69, 9.17) is 13.9 Å². The third-order valence-electron chi connectivity index (χ3n) is 4.36. The van der Waals surface area contributed by atoms with Gasteiger partial charge in [-0.3, -0.25) is 0 Å². The van der Waals surface area contributed by atoms with Crippen molar-refractivity contribution in [3.63, 3.8) is 0 Å². The van der Waals surface area contributed by atoms with Crippen molar-refractivity contribution in [1.29, 1.82) is 0 Å². The minimum Gasteiger partial charge on any atom is -0.497 e. The zero-order valence-corrected chi connectivity index (χ0v) is 16.0. The van der Waals surface area contributed by atoms with E-state index in [1.807, 2.05) is 36.4 Å². The molecule has 0 bridgehead atoms. The van der Waals surface area contributed by atoms with Crippen molar-refractivity contribution in [2.45, 2.75) is 4.90 Å². The summed E-state index contributed by atoms with van der Waals surface area (Å²) in [4.78, 5) is 0.188. The quantitative estimate of drug-likeness (QED) is 0.478. The molecule has 0 saturated heterocycles. The van der Waals surface area contributed by atoms with E-state index in [1.54, 1.807) is 31.4 Å². The highest BCUT2D eigenvalue weighted by atomic mass is 32.2. The first-order valence-electron chi connectivity index (χ1n) is 8.75. The molecule has 1 N–H and O–H groups in total. The average molecular weight is 397 g/mol. The van der Waals surface area contributed by atoms with Gasteiger partial charge in [-0.15, -0.1) is 0 Å². The van der Waals surface area contributed by atoms with Gasteiger partial charge >= 0.3 is 0 Å². The molecule has 6 nitrogen and oxygen atoms in total. The summed E-state index contributed by atoms with van der Waals surface area (Å²) >= 11 is 0. The van der Waals surface area contributed by atoms with Crippen LogP contribution in [0.15, 0.2) is 76.0 Å². The van der Waals surface area contributed by atoms with Crippen LogP contribution >= 0.6 is 0 Å². The number of benzene rings is 3. The van der Waals surface area contributed by atoms with Gasteiger partial charge in [-0.2, -0.15) is 0 Å². The topological polar surface area (TPSA) is 77.8 Å². The number of hydrogen-bond donors (Lipinski definition) is 1. The molecule has 0 atom stereocenters. The molecule has 4 aromatic rings. The lowest BCUT2D eigenvalue weighted by atomic mass is 10.1. The molecule has 1 heterocycles. The summed E-state index contributed by atoms with van der Waals surface area (Å²) < 4.78 is 44.3. The Balaban J connectivity index is 1.46. The largest absolute Gasteiger partial charge is 0.497 e. The fourth-order valence-corrected chi connectivity index (χ4v) is 4.03. The van der Waals surface area contributed by atoms with Crippen LogP contribution in [0.25, 0.3) is 21.9 Å². The number of para-hydroxylation sites is 1. The standard InChI is InChI=1S/C21H19NO5S/c1-25-15-5-4-6-16(13-15)26-12-11-22-28(23,24)17-9-10-21-19(14-17)18-7-2-3-8-20(18)27-21/h2-10,13-14,22H,11-12H2,1H3. The minimum absolute atomic E-state index is 0.143. The van der Waals surface area contributed by atoms with Crippen LogP contribution in [-0.4, -0.2) is 28.7 Å². The van der Waals surface area contributed by atoms with E-state index in [9.17, 15) is 8.42 Å². The number of ether oxygens (including phenoxy) is 2. The zero-order valence-electron chi connectivity index (χ0n) is 15.2. The molecule has 0 aliphatic carbocycles. The summed E-state index contributed by atoms with van der Waals surface area (Å²) in [5, 5.41) is 1.65. The third-order valence-corrected chi connectivity index (χ3v) is 5.82. The van der Waals surface area contributed by atoms with Crippen LogP contribution in [0, 0.1) is 0 Å². The van der Waals surface area contributed by atoms with Gasteiger partial charge in [0, 0.05) is 23.4 Å². The number of fused-ring (bicyclic) bond motifs is 3. The second-order valence-electron chi connectivity index (χ2n) is 6.18. The Hall–Kier alpha value is -3.03. The number of methoxy groups -OCH3 is 1. The summed E-state index contributed by atoms with van der Waals surface area (Å²) in [6.45, 7) is 0.340. The van der Waals surface area contributed by atoms with E-state index >= 15 is 0 Å². The fourth-order valence-electron chi connectivity index (χ4n) is 2.99. The van der Waals surface area contributed by atoms with Crippen molar-refractivity contribution >= 4 is 32.0 Å².